The molecule has 8 heteroatoms. The van der Waals surface area contributed by atoms with Gasteiger partial charge in [0, 0.05) is 11.1 Å². The summed E-state index contributed by atoms with van der Waals surface area (Å²) in [7, 11) is 0. The fraction of sp³-hybridized carbons (Fsp3) is 0.222. The first-order chi connectivity index (χ1) is 8.19. The van der Waals surface area contributed by atoms with E-state index in [1.54, 1.807) is 0 Å². The molecule has 2 rings (SSSR count). The van der Waals surface area contributed by atoms with Crippen LogP contribution in [0.5, 0.6) is 0 Å². The van der Waals surface area contributed by atoms with E-state index < -0.39 is 5.82 Å². The van der Waals surface area contributed by atoms with Gasteiger partial charge in [0.2, 0.25) is 5.95 Å². The van der Waals surface area contributed by atoms with Gasteiger partial charge >= 0.3 is 0 Å². The molecule has 4 N–H and O–H groups in total. The van der Waals surface area contributed by atoms with Crippen molar-refractivity contribution in [3.8, 4) is 0 Å². The summed E-state index contributed by atoms with van der Waals surface area (Å²) >= 11 is 1.50. The summed E-state index contributed by atoms with van der Waals surface area (Å²) in [6.45, 7) is 2.32. The van der Waals surface area contributed by atoms with E-state index in [0.29, 0.717) is 6.54 Å². The summed E-state index contributed by atoms with van der Waals surface area (Å²) in [5.74, 6) is 4.87. The van der Waals surface area contributed by atoms with Crippen LogP contribution in [0, 0.1) is 12.7 Å². The summed E-state index contributed by atoms with van der Waals surface area (Å²) in [4.78, 5) is 11.7. The lowest BCUT2D eigenvalue weighted by Gasteiger charge is -2.05. The van der Waals surface area contributed by atoms with Gasteiger partial charge in [-0.1, -0.05) is 0 Å². The standard InChI is InChI=1S/C9H11FN6S/c1-5-4-17-7(14-5)3-12-8-6(10)2-13-9(15-8)16-11/h2,4H,3,11H2,1H3,(H2,12,13,15,16). The lowest BCUT2D eigenvalue weighted by Crippen LogP contribution is -2.12. The van der Waals surface area contributed by atoms with Crippen molar-refractivity contribution in [1.82, 2.24) is 15.0 Å². The molecule has 0 aromatic carbocycles. The molecule has 6 nitrogen and oxygen atoms in total. The summed E-state index contributed by atoms with van der Waals surface area (Å²) in [6.07, 6.45) is 1.05. The van der Waals surface area contributed by atoms with Crippen LogP contribution in [0.3, 0.4) is 0 Å². The molecule has 0 bridgehead atoms. The molecule has 0 aliphatic carbocycles. The molecule has 0 aliphatic rings. The minimum atomic E-state index is -0.530. The highest BCUT2D eigenvalue weighted by Gasteiger charge is 2.07. The first-order valence-electron chi connectivity index (χ1n) is 4.83. The van der Waals surface area contributed by atoms with E-state index in [1.165, 1.54) is 11.3 Å². The van der Waals surface area contributed by atoms with Gasteiger partial charge in [-0.25, -0.2) is 20.2 Å². The number of nitrogens with two attached hydrogens (primary N) is 1. The van der Waals surface area contributed by atoms with E-state index in [0.717, 1.165) is 16.9 Å². The SMILES string of the molecule is Cc1csc(CNc2nc(NN)ncc2F)n1. The van der Waals surface area contributed by atoms with Crippen LogP contribution in [0.25, 0.3) is 0 Å². The predicted molar refractivity (Wildman–Crippen MR) is 64.0 cm³/mol. The van der Waals surface area contributed by atoms with E-state index in [2.05, 4.69) is 25.7 Å². The number of nitrogen functional groups attached to an aromatic ring is 1. The van der Waals surface area contributed by atoms with Gasteiger partial charge in [-0.05, 0) is 6.92 Å². The fourth-order valence-electron chi connectivity index (χ4n) is 1.20. The monoisotopic (exact) mass is 254 g/mol. The number of aryl methyl sites for hydroxylation is 1. The van der Waals surface area contributed by atoms with Gasteiger partial charge in [0.05, 0.1) is 12.7 Å². The molecule has 0 atom stereocenters. The first-order valence-corrected chi connectivity index (χ1v) is 5.71. The summed E-state index contributed by atoms with van der Waals surface area (Å²) in [5.41, 5.74) is 3.20. The molecule has 0 amide bonds. The molecular formula is C9H11FN6S. The molecule has 0 spiro atoms. The minimum absolute atomic E-state index is 0.0980. The van der Waals surface area contributed by atoms with Gasteiger partial charge in [0.15, 0.2) is 11.6 Å². The molecule has 0 radical (unpaired) electrons. The molecule has 0 fully saturated rings. The van der Waals surface area contributed by atoms with Crippen molar-refractivity contribution in [2.75, 3.05) is 10.7 Å². The highest BCUT2D eigenvalue weighted by Crippen LogP contribution is 2.14. The largest absolute Gasteiger partial charge is 0.361 e. The second-order valence-electron chi connectivity index (χ2n) is 3.27. The van der Waals surface area contributed by atoms with E-state index >= 15 is 0 Å². The Morgan fingerprint density at radius 3 is 2.94 bits per heavy atom. The van der Waals surface area contributed by atoms with Crippen LogP contribution in [-0.4, -0.2) is 15.0 Å². The number of hydrazine groups is 1. The van der Waals surface area contributed by atoms with Gasteiger partial charge in [0.25, 0.3) is 0 Å². The summed E-state index contributed by atoms with van der Waals surface area (Å²) in [5, 5.41) is 5.64. The number of aromatic nitrogens is 3. The Hall–Kier alpha value is -1.80. The van der Waals surface area contributed by atoms with Crippen molar-refractivity contribution < 1.29 is 4.39 Å². The Balaban J connectivity index is 2.07. The Morgan fingerprint density at radius 1 is 1.47 bits per heavy atom. The highest BCUT2D eigenvalue weighted by molar-refractivity contribution is 7.09. The van der Waals surface area contributed by atoms with Crippen LogP contribution in [0.4, 0.5) is 16.2 Å². The van der Waals surface area contributed by atoms with Gasteiger partial charge in [-0.3, -0.25) is 5.43 Å². The van der Waals surface area contributed by atoms with E-state index in [-0.39, 0.29) is 11.8 Å². The Kier molecular flexibility index (Phi) is 3.45. The van der Waals surface area contributed by atoms with Crippen molar-refractivity contribution in [1.29, 1.82) is 0 Å². The van der Waals surface area contributed by atoms with Gasteiger partial charge in [-0.2, -0.15) is 4.98 Å². The molecular weight excluding hydrogens is 243 g/mol. The molecule has 0 unspecified atom stereocenters. The van der Waals surface area contributed by atoms with E-state index in [1.807, 2.05) is 12.3 Å². The van der Waals surface area contributed by atoms with Crippen molar-refractivity contribution >= 4 is 23.1 Å². The molecule has 90 valence electrons. The normalized spacial score (nSPS) is 10.3. The Bertz CT molecular complexity index is 514. The second kappa shape index (κ2) is 5.02. The lowest BCUT2D eigenvalue weighted by molar-refractivity contribution is 0.617. The van der Waals surface area contributed by atoms with Crippen molar-refractivity contribution in [3.63, 3.8) is 0 Å². The van der Waals surface area contributed by atoms with Crippen LogP contribution in [0.1, 0.15) is 10.7 Å². The highest BCUT2D eigenvalue weighted by atomic mass is 32.1. The Labute approximate surface area is 101 Å². The van der Waals surface area contributed by atoms with Crippen molar-refractivity contribution in [2.24, 2.45) is 5.84 Å². The zero-order valence-electron chi connectivity index (χ0n) is 9.07. The summed E-state index contributed by atoms with van der Waals surface area (Å²) in [6, 6.07) is 0. The Morgan fingerprint density at radius 2 is 2.29 bits per heavy atom. The molecule has 2 aromatic heterocycles. The number of hydrogen-bond acceptors (Lipinski definition) is 7. The van der Waals surface area contributed by atoms with Gasteiger partial charge in [-0.15, -0.1) is 11.3 Å². The van der Waals surface area contributed by atoms with Crippen molar-refractivity contribution in [3.05, 3.63) is 28.1 Å². The third-order valence-corrected chi connectivity index (χ3v) is 2.91. The first kappa shape index (κ1) is 11.7. The number of nitrogens with zero attached hydrogens (tertiary/aromatic N) is 3. The molecule has 0 aliphatic heterocycles. The number of nitrogens with one attached hydrogen (secondary N) is 2. The van der Waals surface area contributed by atoms with Crippen LogP contribution in [-0.2, 0) is 6.54 Å². The smallest absolute Gasteiger partial charge is 0.239 e. The zero-order valence-corrected chi connectivity index (χ0v) is 9.88. The maximum atomic E-state index is 13.3. The number of rotatable bonds is 4. The molecule has 17 heavy (non-hydrogen) atoms. The zero-order chi connectivity index (χ0) is 12.3. The van der Waals surface area contributed by atoms with Gasteiger partial charge in [0.1, 0.15) is 5.01 Å². The number of hydrogen-bond donors (Lipinski definition) is 3. The van der Waals surface area contributed by atoms with Crippen LogP contribution >= 0.6 is 11.3 Å². The summed E-state index contributed by atoms with van der Waals surface area (Å²) < 4.78 is 13.3. The third-order valence-electron chi connectivity index (χ3n) is 1.95. The van der Waals surface area contributed by atoms with Crippen molar-refractivity contribution in [2.45, 2.75) is 13.5 Å². The van der Waals surface area contributed by atoms with Gasteiger partial charge < -0.3 is 5.32 Å². The molecule has 2 aromatic rings. The predicted octanol–water partition coefficient (Wildman–Crippen LogP) is 1.28. The second-order valence-corrected chi connectivity index (χ2v) is 4.21. The number of anilines is 2. The van der Waals surface area contributed by atoms with Crippen LogP contribution in [0.15, 0.2) is 11.6 Å². The third kappa shape index (κ3) is 2.86. The van der Waals surface area contributed by atoms with E-state index in [4.69, 9.17) is 5.84 Å². The average molecular weight is 254 g/mol. The molecule has 2 heterocycles. The fourth-order valence-corrected chi connectivity index (χ4v) is 1.92. The average Bonchev–Trinajstić information content (AvgIpc) is 2.74. The van der Waals surface area contributed by atoms with Crippen LogP contribution in [0.2, 0.25) is 0 Å². The quantitative estimate of drug-likeness (QED) is 0.562. The number of thiazole rings is 1. The maximum Gasteiger partial charge on any atom is 0.239 e. The lowest BCUT2D eigenvalue weighted by atomic mass is 10.5. The maximum absolute atomic E-state index is 13.3. The van der Waals surface area contributed by atoms with Crippen LogP contribution < -0.4 is 16.6 Å². The minimum Gasteiger partial charge on any atom is -0.361 e. The molecule has 0 saturated heterocycles. The number of halogens is 1. The van der Waals surface area contributed by atoms with E-state index in [9.17, 15) is 4.39 Å². The topological polar surface area (TPSA) is 88.8 Å². The molecule has 0 saturated carbocycles.